The molecule has 0 spiro atoms. The molecular formula is C17H16O4. The smallest absolute Gasteiger partial charge is 0.336 e. The van der Waals surface area contributed by atoms with Crippen LogP contribution in [0.4, 0.5) is 0 Å². The highest BCUT2D eigenvalue weighted by molar-refractivity contribution is 5.96. The van der Waals surface area contributed by atoms with Gasteiger partial charge in [0, 0.05) is 6.42 Å². The van der Waals surface area contributed by atoms with E-state index in [2.05, 4.69) is 0 Å². The van der Waals surface area contributed by atoms with Crippen LogP contribution >= 0.6 is 0 Å². The van der Waals surface area contributed by atoms with E-state index in [0.29, 0.717) is 12.0 Å². The first-order valence-electron chi connectivity index (χ1n) is 6.63. The van der Waals surface area contributed by atoms with Crippen molar-refractivity contribution in [3.63, 3.8) is 0 Å². The number of carboxylic acid groups (broad SMARTS) is 2. The van der Waals surface area contributed by atoms with Crippen LogP contribution in [0.2, 0.25) is 0 Å². The van der Waals surface area contributed by atoms with E-state index in [1.807, 2.05) is 31.2 Å². The van der Waals surface area contributed by atoms with Gasteiger partial charge in [0.25, 0.3) is 0 Å². The minimum Gasteiger partial charge on any atom is -0.481 e. The molecule has 0 atom stereocenters. The van der Waals surface area contributed by atoms with Crippen LogP contribution in [0.3, 0.4) is 0 Å². The van der Waals surface area contributed by atoms with Crippen molar-refractivity contribution in [3.05, 3.63) is 59.2 Å². The van der Waals surface area contributed by atoms with Crippen molar-refractivity contribution in [2.45, 2.75) is 19.8 Å². The third kappa shape index (κ3) is 3.48. The van der Waals surface area contributed by atoms with E-state index < -0.39 is 11.9 Å². The molecule has 0 aromatic heterocycles. The van der Waals surface area contributed by atoms with Gasteiger partial charge in [-0.25, -0.2) is 4.79 Å². The van der Waals surface area contributed by atoms with Crippen LogP contribution in [-0.4, -0.2) is 22.2 Å². The fourth-order valence-electron chi connectivity index (χ4n) is 2.28. The molecule has 108 valence electrons. The SMILES string of the molecule is Cc1ccccc1-c1cc(CCC(=O)O)ccc1C(=O)O. The van der Waals surface area contributed by atoms with Gasteiger partial charge < -0.3 is 10.2 Å². The number of benzene rings is 2. The van der Waals surface area contributed by atoms with E-state index in [0.717, 1.165) is 16.7 Å². The average Bonchev–Trinajstić information content (AvgIpc) is 2.45. The molecule has 21 heavy (non-hydrogen) atoms. The van der Waals surface area contributed by atoms with E-state index in [4.69, 9.17) is 5.11 Å². The second-order valence-electron chi connectivity index (χ2n) is 4.89. The molecule has 2 aromatic rings. The highest BCUT2D eigenvalue weighted by Crippen LogP contribution is 2.28. The zero-order valence-electron chi connectivity index (χ0n) is 11.7. The maximum absolute atomic E-state index is 11.4. The second kappa shape index (κ2) is 6.22. The van der Waals surface area contributed by atoms with E-state index >= 15 is 0 Å². The Morgan fingerprint density at radius 1 is 1.00 bits per heavy atom. The fraction of sp³-hybridized carbons (Fsp3) is 0.176. The molecule has 0 bridgehead atoms. The Hall–Kier alpha value is -2.62. The standard InChI is InChI=1S/C17H16O4/c1-11-4-2-3-5-13(11)15-10-12(7-9-16(18)19)6-8-14(15)17(20)21/h2-6,8,10H,7,9H2,1H3,(H,18,19)(H,20,21). The van der Waals surface area contributed by atoms with Gasteiger partial charge in [-0.2, -0.15) is 0 Å². The van der Waals surface area contributed by atoms with Gasteiger partial charge in [0.2, 0.25) is 0 Å². The molecule has 0 amide bonds. The normalized spacial score (nSPS) is 10.3. The van der Waals surface area contributed by atoms with Gasteiger partial charge in [-0.1, -0.05) is 36.4 Å². The monoisotopic (exact) mass is 284 g/mol. The summed E-state index contributed by atoms with van der Waals surface area (Å²) >= 11 is 0. The molecule has 0 fully saturated rings. The average molecular weight is 284 g/mol. The van der Waals surface area contributed by atoms with Crippen molar-refractivity contribution in [1.29, 1.82) is 0 Å². The lowest BCUT2D eigenvalue weighted by molar-refractivity contribution is -0.136. The Morgan fingerprint density at radius 3 is 2.33 bits per heavy atom. The third-order valence-electron chi connectivity index (χ3n) is 3.38. The lowest BCUT2D eigenvalue weighted by Crippen LogP contribution is -2.03. The minimum absolute atomic E-state index is 0.0274. The lowest BCUT2D eigenvalue weighted by atomic mass is 9.93. The largest absolute Gasteiger partial charge is 0.481 e. The van der Waals surface area contributed by atoms with Crippen molar-refractivity contribution < 1.29 is 19.8 Å². The number of hydrogen-bond donors (Lipinski definition) is 2. The number of rotatable bonds is 5. The minimum atomic E-state index is -0.988. The molecule has 0 aliphatic carbocycles. The van der Waals surface area contributed by atoms with Crippen molar-refractivity contribution in [2.75, 3.05) is 0 Å². The Kier molecular flexibility index (Phi) is 4.38. The summed E-state index contributed by atoms with van der Waals surface area (Å²) in [6.45, 7) is 1.92. The zero-order valence-corrected chi connectivity index (χ0v) is 11.7. The van der Waals surface area contributed by atoms with Crippen LogP contribution in [-0.2, 0) is 11.2 Å². The van der Waals surface area contributed by atoms with Crippen LogP contribution in [0.25, 0.3) is 11.1 Å². The van der Waals surface area contributed by atoms with Crippen LogP contribution in [0.15, 0.2) is 42.5 Å². The maximum atomic E-state index is 11.4. The molecule has 2 N–H and O–H groups in total. The summed E-state index contributed by atoms with van der Waals surface area (Å²) in [5.74, 6) is -1.85. The Bertz CT molecular complexity index is 689. The summed E-state index contributed by atoms with van der Waals surface area (Å²) in [4.78, 5) is 22.1. The van der Waals surface area contributed by atoms with E-state index in [9.17, 15) is 14.7 Å². The van der Waals surface area contributed by atoms with Crippen molar-refractivity contribution in [2.24, 2.45) is 0 Å². The lowest BCUT2D eigenvalue weighted by Gasteiger charge is -2.11. The van der Waals surface area contributed by atoms with Gasteiger partial charge in [-0.15, -0.1) is 0 Å². The van der Waals surface area contributed by atoms with E-state index in [1.54, 1.807) is 18.2 Å². The Labute approximate surface area is 122 Å². The number of aryl methyl sites for hydroxylation is 2. The summed E-state index contributed by atoms with van der Waals surface area (Å²) in [6, 6.07) is 12.5. The van der Waals surface area contributed by atoms with Crippen LogP contribution < -0.4 is 0 Å². The molecule has 0 aliphatic heterocycles. The number of aliphatic carboxylic acids is 1. The highest BCUT2D eigenvalue weighted by Gasteiger charge is 2.14. The quantitative estimate of drug-likeness (QED) is 0.882. The molecule has 4 nitrogen and oxygen atoms in total. The number of hydrogen-bond acceptors (Lipinski definition) is 2. The predicted octanol–water partition coefficient (Wildman–Crippen LogP) is 3.38. The second-order valence-corrected chi connectivity index (χ2v) is 4.89. The maximum Gasteiger partial charge on any atom is 0.336 e. The van der Waals surface area contributed by atoms with Crippen molar-refractivity contribution >= 4 is 11.9 Å². The zero-order chi connectivity index (χ0) is 15.4. The molecule has 0 radical (unpaired) electrons. The summed E-state index contributed by atoms with van der Waals surface area (Å²) in [5, 5.41) is 18.1. The first-order valence-corrected chi connectivity index (χ1v) is 6.63. The molecule has 0 saturated carbocycles. The highest BCUT2D eigenvalue weighted by atomic mass is 16.4. The molecule has 0 heterocycles. The fourth-order valence-corrected chi connectivity index (χ4v) is 2.28. The number of carbonyl (C=O) groups is 2. The van der Waals surface area contributed by atoms with Gasteiger partial charge in [0.15, 0.2) is 0 Å². The Morgan fingerprint density at radius 2 is 1.71 bits per heavy atom. The van der Waals surface area contributed by atoms with Crippen molar-refractivity contribution in [1.82, 2.24) is 0 Å². The van der Waals surface area contributed by atoms with Crippen LogP contribution in [0.5, 0.6) is 0 Å². The number of carboxylic acids is 2. The molecule has 0 aliphatic rings. The number of aromatic carboxylic acids is 1. The van der Waals surface area contributed by atoms with Crippen LogP contribution in [0.1, 0.15) is 27.9 Å². The van der Waals surface area contributed by atoms with E-state index in [-0.39, 0.29) is 12.0 Å². The van der Waals surface area contributed by atoms with Crippen molar-refractivity contribution in [3.8, 4) is 11.1 Å². The van der Waals surface area contributed by atoms with Gasteiger partial charge >= 0.3 is 11.9 Å². The molecular weight excluding hydrogens is 268 g/mol. The van der Waals surface area contributed by atoms with Gasteiger partial charge in [-0.3, -0.25) is 4.79 Å². The first kappa shape index (κ1) is 14.8. The molecule has 2 rings (SSSR count). The summed E-state index contributed by atoms with van der Waals surface area (Å²) in [6.07, 6.45) is 0.410. The summed E-state index contributed by atoms with van der Waals surface area (Å²) in [7, 11) is 0. The molecule has 0 unspecified atom stereocenters. The van der Waals surface area contributed by atoms with Gasteiger partial charge in [0.05, 0.1) is 5.56 Å². The first-order chi connectivity index (χ1) is 9.99. The van der Waals surface area contributed by atoms with E-state index in [1.165, 1.54) is 0 Å². The molecule has 0 saturated heterocycles. The van der Waals surface area contributed by atoms with Crippen LogP contribution in [0, 0.1) is 6.92 Å². The van der Waals surface area contributed by atoms with Gasteiger partial charge in [-0.05, 0) is 41.7 Å². The topological polar surface area (TPSA) is 74.6 Å². The molecule has 2 aromatic carbocycles. The predicted molar refractivity (Wildman–Crippen MR) is 79.5 cm³/mol. The molecule has 4 heteroatoms. The Balaban J connectivity index is 2.50. The summed E-state index contributed by atoms with van der Waals surface area (Å²) < 4.78 is 0. The summed E-state index contributed by atoms with van der Waals surface area (Å²) in [5.41, 5.74) is 3.51. The van der Waals surface area contributed by atoms with Gasteiger partial charge in [0.1, 0.15) is 0 Å². The third-order valence-corrected chi connectivity index (χ3v) is 3.38.